The zero-order chi connectivity index (χ0) is 16.1. The predicted molar refractivity (Wildman–Crippen MR) is 98.8 cm³/mol. The number of carbonyl (C=O) groups excluding carboxylic acids is 1. The van der Waals surface area contributed by atoms with E-state index in [1.165, 1.54) is 12.3 Å². The molecule has 0 aliphatic carbocycles. The number of oxazole rings is 1. The maximum Gasteiger partial charge on any atom is 0.223 e. The lowest BCUT2D eigenvalue weighted by molar-refractivity contribution is -0.131. The van der Waals surface area contributed by atoms with Gasteiger partial charge in [0, 0.05) is 32.5 Å². The highest BCUT2D eigenvalue weighted by Gasteiger charge is 2.17. The average molecular weight is 390 g/mol. The summed E-state index contributed by atoms with van der Waals surface area (Å²) < 4.78 is 19.3. The largest absolute Gasteiger partial charge is 0.441 e. The normalized spacial score (nSPS) is 14.2. The van der Waals surface area contributed by atoms with E-state index in [1.807, 2.05) is 4.90 Å². The van der Waals surface area contributed by atoms with Gasteiger partial charge < -0.3 is 14.6 Å². The molecule has 25 heavy (non-hydrogen) atoms. The van der Waals surface area contributed by atoms with Crippen molar-refractivity contribution in [3.05, 3.63) is 42.2 Å². The number of carbonyl (C=O) groups is 1. The molecule has 138 valence electrons. The molecule has 1 saturated heterocycles. The Balaban J connectivity index is 0.00000156. The van der Waals surface area contributed by atoms with Crippen LogP contribution in [-0.2, 0) is 11.2 Å². The van der Waals surface area contributed by atoms with Crippen LogP contribution in [0.4, 0.5) is 4.39 Å². The highest BCUT2D eigenvalue weighted by Crippen LogP contribution is 2.23. The summed E-state index contributed by atoms with van der Waals surface area (Å²) >= 11 is 0. The van der Waals surface area contributed by atoms with Crippen molar-refractivity contribution in [1.82, 2.24) is 15.2 Å². The van der Waals surface area contributed by atoms with Crippen LogP contribution in [0.3, 0.4) is 0 Å². The highest BCUT2D eigenvalue weighted by molar-refractivity contribution is 5.85. The molecule has 1 N–H and O–H groups in total. The fourth-order valence-electron chi connectivity index (χ4n) is 2.68. The summed E-state index contributed by atoms with van der Waals surface area (Å²) in [6.07, 6.45) is 3.27. The van der Waals surface area contributed by atoms with Crippen LogP contribution in [0.1, 0.15) is 18.7 Å². The first-order chi connectivity index (χ1) is 11.2. The average Bonchev–Trinajstić information content (AvgIpc) is 2.86. The fourth-order valence-corrected chi connectivity index (χ4v) is 2.68. The number of nitrogens with zero attached hydrogens (tertiary/aromatic N) is 2. The van der Waals surface area contributed by atoms with Crippen molar-refractivity contribution in [1.29, 1.82) is 0 Å². The SMILES string of the molecule is Cl.Cl.O=C(CCc1ncc(-c2ccccc2F)o1)N1CCCNCC1. The monoisotopic (exact) mass is 389 g/mol. The molecule has 5 nitrogen and oxygen atoms in total. The van der Waals surface area contributed by atoms with Gasteiger partial charge in [-0.3, -0.25) is 4.79 Å². The molecule has 1 fully saturated rings. The van der Waals surface area contributed by atoms with Crippen LogP contribution < -0.4 is 5.32 Å². The second-order valence-electron chi connectivity index (χ2n) is 5.58. The molecule has 2 aromatic rings. The highest BCUT2D eigenvalue weighted by atomic mass is 35.5. The van der Waals surface area contributed by atoms with Crippen LogP contribution in [0.2, 0.25) is 0 Å². The Kier molecular flexibility index (Phi) is 8.89. The van der Waals surface area contributed by atoms with Gasteiger partial charge >= 0.3 is 0 Å². The molecule has 0 saturated carbocycles. The van der Waals surface area contributed by atoms with Crippen molar-refractivity contribution in [2.75, 3.05) is 26.2 Å². The molecule has 0 bridgehead atoms. The lowest BCUT2D eigenvalue weighted by Gasteiger charge is -2.19. The molecule has 0 unspecified atom stereocenters. The second-order valence-corrected chi connectivity index (χ2v) is 5.58. The van der Waals surface area contributed by atoms with Crippen molar-refractivity contribution in [2.45, 2.75) is 19.3 Å². The van der Waals surface area contributed by atoms with Gasteiger partial charge in [0.25, 0.3) is 0 Å². The van der Waals surface area contributed by atoms with Crippen molar-refractivity contribution in [2.24, 2.45) is 0 Å². The number of halogens is 3. The van der Waals surface area contributed by atoms with Gasteiger partial charge in [-0.25, -0.2) is 9.37 Å². The number of rotatable bonds is 4. The minimum Gasteiger partial charge on any atom is -0.441 e. The van der Waals surface area contributed by atoms with E-state index in [0.29, 0.717) is 30.1 Å². The maximum atomic E-state index is 13.7. The van der Waals surface area contributed by atoms with Gasteiger partial charge in [0.1, 0.15) is 5.82 Å². The first-order valence-electron chi connectivity index (χ1n) is 7.92. The third-order valence-corrected chi connectivity index (χ3v) is 3.94. The molecule has 1 aliphatic heterocycles. The van der Waals surface area contributed by atoms with Gasteiger partial charge in [-0.15, -0.1) is 24.8 Å². The molecule has 0 radical (unpaired) electrons. The molecule has 3 rings (SSSR count). The third-order valence-electron chi connectivity index (χ3n) is 3.94. The number of nitrogens with one attached hydrogen (secondary N) is 1. The number of aromatic nitrogens is 1. The Hall–Kier alpha value is -1.63. The van der Waals surface area contributed by atoms with Crippen LogP contribution in [0, 0.1) is 5.82 Å². The number of benzene rings is 1. The van der Waals surface area contributed by atoms with E-state index in [1.54, 1.807) is 18.2 Å². The number of amides is 1. The Morgan fingerprint density at radius 1 is 1.24 bits per heavy atom. The van der Waals surface area contributed by atoms with Crippen molar-refractivity contribution >= 4 is 30.7 Å². The van der Waals surface area contributed by atoms with E-state index in [4.69, 9.17) is 4.42 Å². The maximum absolute atomic E-state index is 13.7. The summed E-state index contributed by atoms with van der Waals surface area (Å²) in [7, 11) is 0. The molecule has 2 heterocycles. The Morgan fingerprint density at radius 3 is 2.84 bits per heavy atom. The molecule has 1 aliphatic rings. The lowest BCUT2D eigenvalue weighted by atomic mass is 10.2. The molecule has 0 atom stereocenters. The second kappa shape index (κ2) is 10.4. The molecule has 1 aromatic heterocycles. The van der Waals surface area contributed by atoms with Crippen LogP contribution in [0.25, 0.3) is 11.3 Å². The van der Waals surface area contributed by atoms with Gasteiger partial charge in [0.15, 0.2) is 11.7 Å². The van der Waals surface area contributed by atoms with Crippen LogP contribution >= 0.6 is 24.8 Å². The summed E-state index contributed by atoms with van der Waals surface area (Å²) in [4.78, 5) is 18.3. The Labute approximate surface area is 158 Å². The van der Waals surface area contributed by atoms with Crippen LogP contribution in [-0.4, -0.2) is 42.0 Å². The summed E-state index contributed by atoms with van der Waals surface area (Å²) in [6.45, 7) is 3.32. The van der Waals surface area contributed by atoms with Gasteiger partial charge in [0.2, 0.25) is 5.91 Å². The van der Waals surface area contributed by atoms with Gasteiger partial charge in [-0.1, -0.05) is 12.1 Å². The summed E-state index contributed by atoms with van der Waals surface area (Å²) in [6, 6.07) is 6.41. The van der Waals surface area contributed by atoms with E-state index in [-0.39, 0.29) is 36.5 Å². The van der Waals surface area contributed by atoms with Gasteiger partial charge in [-0.05, 0) is 25.1 Å². The first kappa shape index (κ1) is 21.4. The smallest absolute Gasteiger partial charge is 0.223 e. The first-order valence-corrected chi connectivity index (χ1v) is 7.92. The summed E-state index contributed by atoms with van der Waals surface area (Å²) in [5, 5.41) is 3.27. The Bertz CT molecular complexity index is 673. The van der Waals surface area contributed by atoms with Gasteiger partial charge in [0.05, 0.1) is 11.8 Å². The molecular weight excluding hydrogens is 368 g/mol. The number of aryl methyl sites for hydroxylation is 1. The minimum atomic E-state index is -0.344. The van der Waals surface area contributed by atoms with E-state index in [0.717, 1.165) is 32.6 Å². The summed E-state index contributed by atoms with van der Waals surface area (Å²) in [5.74, 6) is 0.622. The van der Waals surface area contributed by atoms with E-state index in [9.17, 15) is 9.18 Å². The van der Waals surface area contributed by atoms with Crippen molar-refractivity contribution in [3.63, 3.8) is 0 Å². The fraction of sp³-hybridized carbons (Fsp3) is 0.412. The van der Waals surface area contributed by atoms with E-state index in [2.05, 4.69) is 10.3 Å². The number of hydrogen-bond donors (Lipinski definition) is 1. The standard InChI is InChI=1S/C17H20FN3O2.2ClH/c18-14-5-2-1-4-13(14)15-12-20-16(23-15)6-7-17(22)21-10-3-8-19-9-11-21;;/h1-2,4-5,12,19H,3,6-11H2;2*1H. The molecule has 1 amide bonds. The molecule has 1 aromatic carbocycles. The summed E-state index contributed by atoms with van der Waals surface area (Å²) in [5.41, 5.74) is 0.385. The predicted octanol–water partition coefficient (Wildman–Crippen LogP) is 3.08. The molecule has 8 heteroatoms. The number of hydrogen-bond acceptors (Lipinski definition) is 4. The quantitative estimate of drug-likeness (QED) is 0.872. The topological polar surface area (TPSA) is 58.4 Å². The third kappa shape index (κ3) is 5.70. The van der Waals surface area contributed by atoms with Gasteiger partial charge in [-0.2, -0.15) is 0 Å². The van der Waals surface area contributed by atoms with Crippen LogP contribution in [0.15, 0.2) is 34.9 Å². The van der Waals surface area contributed by atoms with Crippen molar-refractivity contribution in [3.8, 4) is 11.3 Å². The Morgan fingerprint density at radius 2 is 2.04 bits per heavy atom. The zero-order valence-corrected chi connectivity index (χ0v) is 15.4. The van der Waals surface area contributed by atoms with E-state index < -0.39 is 0 Å². The van der Waals surface area contributed by atoms with Crippen molar-refractivity contribution < 1.29 is 13.6 Å². The van der Waals surface area contributed by atoms with E-state index >= 15 is 0 Å². The van der Waals surface area contributed by atoms with Crippen LogP contribution in [0.5, 0.6) is 0 Å². The molecular formula is C17H22Cl2FN3O2. The molecule has 0 spiro atoms. The minimum absolute atomic E-state index is 0. The lowest BCUT2D eigenvalue weighted by Crippen LogP contribution is -2.34. The zero-order valence-electron chi connectivity index (χ0n) is 13.7.